The van der Waals surface area contributed by atoms with E-state index in [-0.39, 0.29) is 17.4 Å². The molecule has 2 aromatic rings. The van der Waals surface area contributed by atoms with Gasteiger partial charge in [-0.3, -0.25) is 14.5 Å². The van der Waals surface area contributed by atoms with Crippen LogP contribution in [0.1, 0.15) is 42.2 Å². The van der Waals surface area contributed by atoms with Crippen LogP contribution in [0.25, 0.3) is 10.8 Å². The minimum Gasteiger partial charge on any atom is -0.478 e. The molecule has 2 aromatic carbocycles. The van der Waals surface area contributed by atoms with E-state index in [4.69, 9.17) is 0 Å². The number of carboxylic acids is 1. The Morgan fingerprint density at radius 3 is 2.29 bits per heavy atom. The van der Waals surface area contributed by atoms with Crippen molar-refractivity contribution in [2.75, 3.05) is 7.05 Å². The molecule has 1 N–H and O–H groups in total. The molecule has 0 radical (unpaired) electrons. The zero-order valence-corrected chi connectivity index (χ0v) is 11.9. The summed E-state index contributed by atoms with van der Waals surface area (Å²) >= 11 is 0. The van der Waals surface area contributed by atoms with E-state index in [1.165, 1.54) is 13.1 Å². The molecular weight excluding hydrogens is 270 g/mol. The summed E-state index contributed by atoms with van der Waals surface area (Å²) in [5, 5.41) is 10.4. The van der Waals surface area contributed by atoms with Crippen molar-refractivity contribution in [1.29, 1.82) is 0 Å². The number of benzene rings is 2. The van der Waals surface area contributed by atoms with Crippen LogP contribution >= 0.6 is 0 Å². The highest BCUT2D eigenvalue weighted by Crippen LogP contribution is 2.36. The Balaban J connectivity index is 2.58. The number of imide groups is 1. The zero-order chi connectivity index (χ0) is 15.5. The molecule has 106 valence electrons. The average Bonchev–Trinajstić information content (AvgIpc) is 2.68. The first kappa shape index (κ1) is 13.3. The predicted octanol–water partition coefficient (Wildman–Crippen LogP) is 2.38. The Morgan fingerprint density at radius 1 is 1.05 bits per heavy atom. The van der Waals surface area contributed by atoms with Gasteiger partial charge in [0.25, 0.3) is 11.8 Å². The molecule has 1 aliphatic rings. The van der Waals surface area contributed by atoms with E-state index in [2.05, 4.69) is 0 Å². The van der Waals surface area contributed by atoms with Gasteiger partial charge in [-0.25, -0.2) is 4.79 Å². The highest BCUT2D eigenvalue weighted by atomic mass is 16.4. The van der Waals surface area contributed by atoms with Crippen LogP contribution in [-0.4, -0.2) is 34.8 Å². The van der Waals surface area contributed by atoms with Crippen molar-refractivity contribution >= 4 is 28.6 Å². The smallest absolute Gasteiger partial charge is 0.336 e. The number of carboxylic acid groups (broad SMARTS) is 1. The molecule has 0 spiro atoms. The summed E-state index contributed by atoms with van der Waals surface area (Å²) in [6, 6.07) is 4.79. The number of carbonyl (C=O) groups excluding carboxylic acids is 2. The molecule has 3 rings (SSSR count). The van der Waals surface area contributed by atoms with Gasteiger partial charge in [-0.2, -0.15) is 0 Å². The summed E-state index contributed by atoms with van der Waals surface area (Å²) in [6.45, 7) is 3.52. The van der Waals surface area contributed by atoms with Gasteiger partial charge in [0.1, 0.15) is 0 Å². The van der Waals surface area contributed by atoms with Crippen LogP contribution < -0.4 is 0 Å². The predicted molar refractivity (Wildman–Crippen MR) is 76.8 cm³/mol. The zero-order valence-electron chi connectivity index (χ0n) is 11.9. The van der Waals surface area contributed by atoms with Crippen LogP contribution in [0.2, 0.25) is 0 Å². The summed E-state index contributed by atoms with van der Waals surface area (Å²) in [5.74, 6) is -1.77. The van der Waals surface area contributed by atoms with Gasteiger partial charge in [0.15, 0.2) is 0 Å². The minimum absolute atomic E-state index is 0.144. The van der Waals surface area contributed by atoms with Gasteiger partial charge in [-0.05, 0) is 36.4 Å². The lowest BCUT2D eigenvalue weighted by Gasteiger charge is -2.12. The summed E-state index contributed by atoms with van der Waals surface area (Å²) in [5.41, 5.74) is 2.22. The van der Waals surface area contributed by atoms with Crippen molar-refractivity contribution in [3.63, 3.8) is 0 Å². The number of nitrogens with zero attached hydrogens (tertiary/aromatic N) is 1. The second-order valence-corrected chi connectivity index (χ2v) is 5.20. The summed E-state index contributed by atoms with van der Waals surface area (Å²) in [7, 11) is 1.44. The minimum atomic E-state index is -1.05. The van der Waals surface area contributed by atoms with Crippen LogP contribution in [0.5, 0.6) is 0 Å². The lowest BCUT2D eigenvalue weighted by molar-refractivity contribution is 0.0682. The van der Waals surface area contributed by atoms with Crippen LogP contribution in [0.4, 0.5) is 0 Å². The lowest BCUT2D eigenvalue weighted by atomic mass is 9.89. The van der Waals surface area contributed by atoms with E-state index in [9.17, 15) is 19.5 Å². The monoisotopic (exact) mass is 283 g/mol. The molecule has 0 fully saturated rings. The SMILES string of the molecule is Cc1c2c(c3cccc(C(=O)O)c3c1C)C(=O)N(C)C2=O. The molecule has 0 unspecified atom stereocenters. The van der Waals surface area contributed by atoms with E-state index in [0.29, 0.717) is 27.5 Å². The lowest BCUT2D eigenvalue weighted by Crippen LogP contribution is -2.24. The Kier molecular flexibility index (Phi) is 2.63. The normalized spacial score (nSPS) is 14.0. The second kappa shape index (κ2) is 4.15. The molecule has 5 nitrogen and oxygen atoms in total. The number of aromatic carboxylic acids is 1. The molecular formula is C16H13NO4. The third-order valence-electron chi connectivity index (χ3n) is 4.16. The number of fused-ring (bicyclic) bond motifs is 3. The molecule has 0 atom stereocenters. The molecule has 1 heterocycles. The van der Waals surface area contributed by atoms with Crippen molar-refractivity contribution in [2.45, 2.75) is 13.8 Å². The highest BCUT2D eigenvalue weighted by molar-refractivity contribution is 6.28. The molecule has 0 bridgehead atoms. The molecule has 0 saturated heterocycles. The van der Waals surface area contributed by atoms with Gasteiger partial charge in [-0.15, -0.1) is 0 Å². The quantitative estimate of drug-likeness (QED) is 0.815. The molecule has 5 heteroatoms. The number of carbonyl (C=O) groups is 3. The third kappa shape index (κ3) is 1.54. The van der Waals surface area contributed by atoms with Crippen LogP contribution in [0, 0.1) is 13.8 Å². The first-order chi connectivity index (χ1) is 9.86. The topological polar surface area (TPSA) is 74.7 Å². The van der Waals surface area contributed by atoms with Gasteiger partial charge >= 0.3 is 5.97 Å². The maximum absolute atomic E-state index is 12.3. The Morgan fingerprint density at radius 2 is 1.67 bits per heavy atom. The second-order valence-electron chi connectivity index (χ2n) is 5.20. The Labute approximate surface area is 120 Å². The third-order valence-corrected chi connectivity index (χ3v) is 4.16. The summed E-state index contributed by atoms with van der Waals surface area (Å²) < 4.78 is 0. The number of rotatable bonds is 1. The van der Waals surface area contributed by atoms with Crippen LogP contribution in [0.15, 0.2) is 18.2 Å². The fraction of sp³-hybridized carbons (Fsp3) is 0.188. The first-order valence-corrected chi connectivity index (χ1v) is 6.47. The molecule has 0 aliphatic carbocycles. The van der Waals surface area contributed by atoms with Crippen molar-refractivity contribution in [3.8, 4) is 0 Å². The van der Waals surface area contributed by atoms with Gasteiger partial charge in [0.2, 0.25) is 0 Å². The summed E-state index contributed by atoms with van der Waals surface area (Å²) in [6.07, 6.45) is 0. The molecule has 2 amide bonds. The van der Waals surface area contributed by atoms with Gasteiger partial charge in [0.05, 0.1) is 16.7 Å². The highest BCUT2D eigenvalue weighted by Gasteiger charge is 2.37. The largest absolute Gasteiger partial charge is 0.478 e. The molecule has 1 aliphatic heterocycles. The van der Waals surface area contributed by atoms with Crippen LogP contribution in [0.3, 0.4) is 0 Å². The number of amides is 2. The fourth-order valence-corrected chi connectivity index (χ4v) is 2.96. The average molecular weight is 283 g/mol. The molecule has 21 heavy (non-hydrogen) atoms. The van der Waals surface area contributed by atoms with Crippen molar-refractivity contribution in [3.05, 3.63) is 46.0 Å². The van der Waals surface area contributed by atoms with Gasteiger partial charge < -0.3 is 5.11 Å². The van der Waals surface area contributed by atoms with E-state index in [1.54, 1.807) is 26.0 Å². The van der Waals surface area contributed by atoms with E-state index < -0.39 is 5.97 Å². The molecule has 0 aromatic heterocycles. The standard InChI is InChI=1S/C16H13NO4/c1-7-8(2)12-13(15(19)17(3)14(12)18)9-5-4-6-10(11(7)9)16(20)21/h4-6H,1-3H3,(H,20,21). The van der Waals surface area contributed by atoms with E-state index in [0.717, 1.165) is 10.5 Å². The van der Waals surface area contributed by atoms with Gasteiger partial charge in [-0.1, -0.05) is 12.1 Å². The van der Waals surface area contributed by atoms with Crippen LogP contribution in [-0.2, 0) is 0 Å². The molecule has 0 saturated carbocycles. The van der Waals surface area contributed by atoms with Crippen molar-refractivity contribution < 1.29 is 19.5 Å². The fourth-order valence-electron chi connectivity index (χ4n) is 2.96. The van der Waals surface area contributed by atoms with Gasteiger partial charge in [0, 0.05) is 12.4 Å². The van der Waals surface area contributed by atoms with Crippen molar-refractivity contribution in [2.24, 2.45) is 0 Å². The Hall–Kier alpha value is -2.69. The summed E-state index contributed by atoms with van der Waals surface area (Å²) in [4.78, 5) is 37.1. The van der Waals surface area contributed by atoms with E-state index in [1.807, 2.05) is 0 Å². The Bertz CT molecular complexity index is 851. The maximum Gasteiger partial charge on any atom is 0.336 e. The maximum atomic E-state index is 12.3. The number of hydrogen-bond acceptors (Lipinski definition) is 3. The van der Waals surface area contributed by atoms with E-state index >= 15 is 0 Å². The number of aryl methyl sites for hydroxylation is 1. The number of hydrogen-bond donors (Lipinski definition) is 1. The van der Waals surface area contributed by atoms with Crippen molar-refractivity contribution in [1.82, 2.24) is 4.90 Å². The first-order valence-electron chi connectivity index (χ1n) is 6.47.